The van der Waals surface area contributed by atoms with E-state index in [9.17, 15) is 0 Å². The van der Waals surface area contributed by atoms with E-state index in [-0.39, 0.29) is 0 Å². The molecule has 0 aromatic carbocycles. The largest absolute Gasteiger partial charge is 0.311 e. The lowest BCUT2D eigenvalue weighted by Crippen LogP contribution is -2.15. The molecule has 2 heterocycles. The Balaban J connectivity index is 1.67. The minimum atomic E-state index is 0.946. The molecule has 0 fully saturated rings. The summed E-state index contributed by atoms with van der Waals surface area (Å²) in [6.45, 7) is 1.94. The second-order valence-corrected chi connectivity index (χ2v) is 6.59. The van der Waals surface area contributed by atoms with Gasteiger partial charge >= 0.3 is 0 Å². The van der Waals surface area contributed by atoms with E-state index >= 15 is 0 Å². The summed E-state index contributed by atoms with van der Waals surface area (Å²) in [5.41, 5.74) is 0. The number of aromatic nitrogens is 1. The molecule has 0 spiro atoms. The Labute approximate surface area is 106 Å². The van der Waals surface area contributed by atoms with E-state index in [4.69, 9.17) is 0 Å². The fourth-order valence-electron chi connectivity index (χ4n) is 1.23. The smallest absolute Gasteiger partial charge is 0.0937 e. The molecule has 2 nitrogen and oxygen atoms in total. The van der Waals surface area contributed by atoms with Crippen molar-refractivity contribution < 1.29 is 0 Å². The van der Waals surface area contributed by atoms with Gasteiger partial charge in [0, 0.05) is 36.0 Å². The number of hydrogen-bond acceptors (Lipinski definition) is 4. The van der Waals surface area contributed by atoms with Crippen LogP contribution in [0.25, 0.3) is 0 Å². The first-order valence-corrected chi connectivity index (χ1v) is 7.17. The van der Waals surface area contributed by atoms with Gasteiger partial charge in [0.15, 0.2) is 0 Å². The third-order valence-electron chi connectivity index (χ3n) is 1.93. The van der Waals surface area contributed by atoms with Crippen LogP contribution in [0.3, 0.4) is 0 Å². The predicted molar refractivity (Wildman–Crippen MR) is 69.5 cm³/mol. The number of nitrogens with one attached hydrogen (secondary N) is 1. The maximum absolute atomic E-state index is 4.24. The normalized spacial score (nSPS) is 10.7. The van der Waals surface area contributed by atoms with E-state index in [1.54, 1.807) is 22.7 Å². The van der Waals surface area contributed by atoms with Crippen LogP contribution in [0.1, 0.15) is 9.88 Å². The van der Waals surface area contributed by atoms with Crippen LogP contribution >= 0.6 is 38.6 Å². The van der Waals surface area contributed by atoms with Crippen LogP contribution in [0.2, 0.25) is 0 Å². The molecule has 2 aromatic heterocycles. The predicted octanol–water partition coefficient (Wildman–Crippen LogP) is 3.30. The van der Waals surface area contributed by atoms with Crippen LogP contribution in [0.15, 0.2) is 27.5 Å². The van der Waals surface area contributed by atoms with Crippen molar-refractivity contribution in [2.24, 2.45) is 0 Å². The second-order valence-electron chi connectivity index (χ2n) is 3.06. The topological polar surface area (TPSA) is 24.9 Å². The molecule has 15 heavy (non-hydrogen) atoms. The first-order valence-electron chi connectivity index (χ1n) is 4.68. The third kappa shape index (κ3) is 3.68. The molecule has 2 aromatic rings. The molecular weight excluding hydrogens is 292 g/mol. The fraction of sp³-hybridized carbons (Fsp3) is 0.300. The number of thiazole rings is 1. The Morgan fingerprint density at radius 1 is 1.40 bits per heavy atom. The van der Waals surface area contributed by atoms with Gasteiger partial charge in [0.1, 0.15) is 0 Å². The van der Waals surface area contributed by atoms with Crippen molar-refractivity contribution in [3.05, 3.63) is 37.4 Å². The van der Waals surface area contributed by atoms with Gasteiger partial charge in [-0.2, -0.15) is 0 Å². The summed E-state index contributed by atoms with van der Waals surface area (Å²) < 4.78 is 1.19. The van der Waals surface area contributed by atoms with E-state index in [0.717, 1.165) is 19.5 Å². The summed E-state index contributed by atoms with van der Waals surface area (Å²) in [5.74, 6) is 0. The minimum Gasteiger partial charge on any atom is -0.311 e. The number of halogens is 1. The average Bonchev–Trinajstić information content (AvgIpc) is 2.84. The molecule has 0 saturated carbocycles. The lowest BCUT2D eigenvalue weighted by molar-refractivity contribution is 0.692. The molecule has 0 aliphatic heterocycles. The van der Waals surface area contributed by atoms with Crippen LogP contribution in [0.4, 0.5) is 0 Å². The van der Waals surface area contributed by atoms with E-state index in [1.165, 1.54) is 13.7 Å². The second kappa shape index (κ2) is 5.75. The molecule has 2 rings (SSSR count). The molecular formula is C10H11BrN2S2. The van der Waals surface area contributed by atoms with Gasteiger partial charge in [-0.25, -0.2) is 4.98 Å². The van der Waals surface area contributed by atoms with E-state index in [1.807, 2.05) is 11.6 Å². The van der Waals surface area contributed by atoms with Crippen LogP contribution in [-0.4, -0.2) is 11.5 Å². The van der Waals surface area contributed by atoms with Crippen molar-refractivity contribution in [3.63, 3.8) is 0 Å². The van der Waals surface area contributed by atoms with Crippen molar-refractivity contribution in [1.29, 1.82) is 0 Å². The monoisotopic (exact) mass is 302 g/mol. The van der Waals surface area contributed by atoms with Crippen LogP contribution in [0, 0.1) is 0 Å². The summed E-state index contributed by atoms with van der Waals surface area (Å²) in [6.07, 6.45) is 2.88. The zero-order valence-corrected chi connectivity index (χ0v) is 11.3. The van der Waals surface area contributed by atoms with Gasteiger partial charge in [0.2, 0.25) is 0 Å². The average molecular weight is 303 g/mol. The molecule has 1 N–H and O–H groups in total. The molecule has 0 amide bonds. The number of thiophene rings is 1. The summed E-state index contributed by atoms with van der Waals surface area (Å²) >= 11 is 6.95. The molecule has 0 bridgehead atoms. The van der Waals surface area contributed by atoms with Gasteiger partial charge in [-0.3, -0.25) is 0 Å². The highest BCUT2D eigenvalue weighted by molar-refractivity contribution is 9.11. The summed E-state index contributed by atoms with van der Waals surface area (Å²) in [5, 5.41) is 6.63. The molecule has 0 atom stereocenters. The van der Waals surface area contributed by atoms with Gasteiger partial charge in [-0.05, 0) is 28.1 Å². The Morgan fingerprint density at radius 2 is 2.33 bits per heavy atom. The SMILES string of the molecule is Brc1ccc(CNCCc2nccs2)s1. The Morgan fingerprint density at radius 3 is 3.00 bits per heavy atom. The highest BCUT2D eigenvalue weighted by Gasteiger charge is 1.98. The van der Waals surface area contributed by atoms with E-state index in [0.29, 0.717) is 0 Å². The minimum absolute atomic E-state index is 0.946. The molecule has 0 radical (unpaired) electrons. The molecule has 5 heteroatoms. The molecule has 0 aliphatic rings. The number of nitrogens with zero attached hydrogens (tertiary/aromatic N) is 1. The Bertz CT molecular complexity index is 397. The first-order chi connectivity index (χ1) is 7.34. The van der Waals surface area contributed by atoms with Crippen LogP contribution in [-0.2, 0) is 13.0 Å². The molecule has 0 unspecified atom stereocenters. The maximum Gasteiger partial charge on any atom is 0.0937 e. The highest BCUT2D eigenvalue weighted by Crippen LogP contribution is 2.21. The van der Waals surface area contributed by atoms with Crippen molar-refractivity contribution in [2.45, 2.75) is 13.0 Å². The van der Waals surface area contributed by atoms with Crippen LogP contribution in [0.5, 0.6) is 0 Å². The van der Waals surface area contributed by atoms with Gasteiger partial charge in [-0.15, -0.1) is 22.7 Å². The zero-order chi connectivity index (χ0) is 10.5. The van der Waals surface area contributed by atoms with Gasteiger partial charge in [0.05, 0.1) is 8.79 Å². The summed E-state index contributed by atoms with van der Waals surface area (Å²) in [4.78, 5) is 5.60. The standard InChI is InChI=1S/C10H11BrN2S2/c11-9-2-1-8(15-9)7-12-4-3-10-13-5-6-14-10/h1-2,5-6,12H,3-4,7H2. The quantitative estimate of drug-likeness (QED) is 0.857. The lowest BCUT2D eigenvalue weighted by atomic mass is 10.4. The molecule has 80 valence electrons. The summed E-state index contributed by atoms with van der Waals surface area (Å²) in [6, 6.07) is 4.23. The van der Waals surface area contributed by atoms with Crippen molar-refractivity contribution >= 4 is 38.6 Å². The third-order valence-corrected chi connectivity index (χ3v) is 4.39. The Hall–Kier alpha value is -0.230. The van der Waals surface area contributed by atoms with Crippen molar-refractivity contribution in [1.82, 2.24) is 10.3 Å². The number of hydrogen-bond donors (Lipinski definition) is 1. The van der Waals surface area contributed by atoms with Gasteiger partial charge in [0.25, 0.3) is 0 Å². The van der Waals surface area contributed by atoms with Crippen molar-refractivity contribution in [2.75, 3.05) is 6.54 Å². The van der Waals surface area contributed by atoms with Gasteiger partial charge in [-0.1, -0.05) is 0 Å². The first kappa shape index (κ1) is 11.3. The van der Waals surface area contributed by atoms with Gasteiger partial charge < -0.3 is 5.32 Å². The molecule has 0 aliphatic carbocycles. The van der Waals surface area contributed by atoms with Crippen LogP contribution < -0.4 is 5.32 Å². The van der Waals surface area contributed by atoms with E-state index < -0.39 is 0 Å². The summed E-state index contributed by atoms with van der Waals surface area (Å²) in [7, 11) is 0. The van der Waals surface area contributed by atoms with E-state index in [2.05, 4.69) is 38.4 Å². The lowest BCUT2D eigenvalue weighted by Gasteiger charge is -2.00. The zero-order valence-electron chi connectivity index (χ0n) is 8.07. The number of rotatable bonds is 5. The molecule has 0 saturated heterocycles. The van der Waals surface area contributed by atoms with Crippen molar-refractivity contribution in [3.8, 4) is 0 Å². The fourth-order valence-corrected chi connectivity index (χ4v) is 3.30. The highest BCUT2D eigenvalue weighted by atomic mass is 79.9. The maximum atomic E-state index is 4.24. The Kier molecular flexibility index (Phi) is 4.31.